The Hall–Kier alpha value is -2.86. The smallest absolute Gasteiger partial charge is 0.290 e. The second-order valence-corrected chi connectivity index (χ2v) is 6.85. The van der Waals surface area contributed by atoms with E-state index in [9.17, 15) is 4.79 Å². The van der Waals surface area contributed by atoms with E-state index in [-0.39, 0.29) is 11.9 Å². The molecule has 3 aromatic heterocycles. The van der Waals surface area contributed by atoms with E-state index in [4.69, 9.17) is 8.83 Å². The maximum Gasteiger partial charge on any atom is 0.290 e. The first-order chi connectivity index (χ1) is 13.3. The molecule has 6 nitrogen and oxygen atoms in total. The Bertz CT molecular complexity index is 823. The van der Waals surface area contributed by atoms with Crippen molar-refractivity contribution in [2.75, 3.05) is 13.1 Å². The molecule has 1 aliphatic heterocycles. The van der Waals surface area contributed by atoms with Crippen LogP contribution in [-0.4, -0.2) is 39.8 Å². The van der Waals surface area contributed by atoms with Gasteiger partial charge in [0.15, 0.2) is 5.76 Å². The van der Waals surface area contributed by atoms with Crippen molar-refractivity contribution in [3.05, 3.63) is 78.4 Å². The monoisotopic (exact) mass is 365 g/mol. The molecule has 3 aromatic rings. The fourth-order valence-electron chi connectivity index (χ4n) is 3.61. The van der Waals surface area contributed by atoms with Crippen molar-refractivity contribution in [3.8, 4) is 0 Å². The first-order valence-electron chi connectivity index (χ1n) is 9.28. The molecular weight excluding hydrogens is 342 g/mol. The fourth-order valence-corrected chi connectivity index (χ4v) is 3.61. The van der Waals surface area contributed by atoms with Crippen LogP contribution in [0.4, 0.5) is 0 Å². The number of likely N-dealkylation sites (tertiary alicyclic amines) is 1. The Morgan fingerprint density at radius 1 is 1.07 bits per heavy atom. The molecule has 1 saturated heterocycles. The number of rotatable bonds is 6. The molecule has 0 spiro atoms. The summed E-state index contributed by atoms with van der Waals surface area (Å²) in [4.78, 5) is 21.4. The zero-order valence-electron chi connectivity index (χ0n) is 15.2. The van der Waals surface area contributed by atoms with Crippen LogP contribution in [0, 0.1) is 0 Å². The third kappa shape index (κ3) is 4.28. The SMILES string of the molecule is O=C(c1ccco1)N(Cc1ccco1)C1CCN(Cc2ccncc2)CC1. The quantitative estimate of drug-likeness (QED) is 0.668. The number of pyridine rings is 1. The molecule has 0 aromatic carbocycles. The molecule has 1 fully saturated rings. The molecule has 4 rings (SSSR count). The molecular formula is C21H23N3O3. The summed E-state index contributed by atoms with van der Waals surface area (Å²) in [7, 11) is 0. The molecule has 0 radical (unpaired) electrons. The molecule has 1 aliphatic rings. The lowest BCUT2D eigenvalue weighted by molar-refractivity contribution is 0.0493. The number of amides is 1. The van der Waals surface area contributed by atoms with Gasteiger partial charge < -0.3 is 13.7 Å². The van der Waals surface area contributed by atoms with E-state index in [0.717, 1.165) is 38.2 Å². The van der Waals surface area contributed by atoms with Crippen LogP contribution in [0.5, 0.6) is 0 Å². The van der Waals surface area contributed by atoms with E-state index in [0.29, 0.717) is 12.3 Å². The number of carbonyl (C=O) groups excluding carboxylic acids is 1. The molecule has 0 aliphatic carbocycles. The third-order valence-electron chi connectivity index (χ3n) is 5.05. The minimum Gasteiger partial charge on any atom is -0.467 e. The molecule has 0 saturated carbocycles. The van der Waals surface area contributed by atoms with Crippen molar-refractivity contribution in [3.63, 3.8) is 0 Å². The maximum absolute atomic E-state index is 13.0. The molecule has 140 valence electrons. The number of hydrogen-bond acceptors (Lipinski definition) is 5. The van der Waals surface area contributed by atoms with Gasteiger partial charge in [-0.25, -0.2) is 0 Å². The standard InChI is InChI=1S/C21H23N3O3/c25-21(20-4-2-14-27-20)24(16-19-3-1-13-26-19)18-7-11-23(12-8-18)15-17-5-9-22-10-6-17/h1-6,9-10,13-14,18H,7-8,11-12,15-16H2. The summed E-state index contributed by atoms with van der Waals surface area (Å²) in [5, 5.41) is 0. The first kappa shape index (κ1) is 17.5. The number of furan rings is 2. The van der Waals surface area contributed by atoms with Crippen LogP contribution in [0.1, 0.15) is 34.7 Å². The lowest BCUT2D eigenvalue weighted by atomic mass is 10.0. The van der Waals surface area contributed by atoms with Crippen molar-refractivity contribution >= 4 is 5.91 Å². The summed E-state index contributed by atoms with van der Waals surface area (Å²) in [6.07, 6.45) is 8.69. The Balaban J connectivity index is 1.42. The summed E-state index contributed by atoms with van der Waals surface area (Å²) in [6.45, 7) is 3.28. The van der Waals surface area contributed by atoms with Gasteiger partial charge in [0, 0.05) is 38.1 Å². The van der Waals surface area contributed by atoms with E-state index >= 15 is 0 Å². The van der Waals surface area contributed by atoms with Gasteiger partial charge in [0.25, 0.3) is 5.91 Å². The van der Waals surface area contributed by atoms with Crippen LogP contribution >= 0.6 is 0 Å². The highest BCUT2D eigenvalue weighted by Crippen LogP contribution is 2.23. The number of aromatic nitrogens is 1. The van der Waals surface area contributed by atoms with Crippen LogP contribution in [0.25, 0.3) is 0 Å². The van der Waals surface area contributed by atoms with Crippen LogP contribution in [0.2, 0.25) is 0 Å². The summed E-state index contributed by atoms with van der Waals surface area (Å²) in [5.74, 6) is 1.08. The Morgan fingerprint density at radius 2 is 1.81 bits per heavy atom. The van der Waals surface area contributed by atoms with Gasteiger partial charge in [-0.1, -0.05) is 0 Å². The lowest BCUT2D eigenvalue weighted by Gasteiger charge is -2.38. The van der Waals surface area contributed by atoms with Gasteiger partial charge in [0.2, 0.25) is 0 Å². The largest absolute Gasteiger partial charge is 0.467 e. The molecule has 0 atom stereocenters. The predicted octanol–water partition coefficient (Wildman–Crippen LogP) is 3.57. The van der Waals surface area contributed by atoms with Crippen molar-refractivity contribution in [1.82, 2.24) is 14.8 Å². The molecule has 0 bridgehead atoms. The second-order valence-electron chi connectivity index (χ2n) is 6.85. The summed E-state index contributed by atoms with van der Waals surface area (Å²) < 4.78 is 10.8. The molecule has 1 amide bonds. The average molecular weight is 365 g/mol. The molecule has 27 heavy (non-hydrogen) atoms. The number of nitrogens with zero attached hydrogens (tertiary/aromatic N) is 3. The molecule has 6 heteroatoms. The van der Waals surface area contributed by atoms with E-state index in [1.807, 2.05) is 29.4 Å². The normalized spacial score (nSPS) is 15.7. The zero-order valence-corrected chi connectivity index (χ0v) is 15.2. The van der Waals surface area contributed by atoms with E-state index in [1.54, 1.807) is 18.4 Å². The number of carbonyl (C=O) groups is 1. The number of piperidine rings is 1. The van der Waals surface area contributed by atoms with Crippen molar-refractivity contribution < 1.29 is 13.6 Å². The predicted molar refractivity (Wildman–Crippen MR) is 99.8 cm³/mol. The van der Waals surface area contributed by atoms with Crippen LogP contribution in [-0.2, 0) is 13.1 Å². The zero-order chi connectivity index (χ0) is 18.5. The fraction of sp³-hybridized carbons (Fsp3) is 0.333. The van der Waals surface area contributed by atoms with Crippen LogP contribution in [0.15, 0.2) is 70.2 Å². The van der Waals surface area contributed by atoms with Crippen molar-refractivity contribution in [1.29, 1.82) is 0 Å². The molecule has 0 N–H and O–H groups in total. The minimum atomic E-state index is -0.0796. The van der Waals surface area contributed by atoms with Crippen molar-refractivity contribution in [2.24, 2.45) is 0 Å². The van der Waals surface area contributed by atoms with E-state index in [1.165, 1.54) is 11.8 Å². The van der Waals surface area contributed by atoms with E-state index < -0.39 is 0 Å². The van der Waals surface area contributed by atoms with Gasteiger partial charge in [-0.05, 0) is 54.8 Å². The van der Waals surface area contributed by atoms with Gasteiger partial charge in [-0.3, -0.25) is 14.7 Å². The van der Waals surface area contributed by atoms with Gasteiger partial charge in [0.05, 0.1) is 19.1 Å². The van der Waals surface area contributed by atoms with Gasteiger partial charge >= 0.3 is 0 Å². The second kappa shape index (κ2) is 8.22. The highest BCUT2D eigenvalue weighted by Gasteiger charge is 2.30. The van der Waals surface area contributed by atoms with Gasteiger partial charge in [-0.2, -0.15) is 0 Å². The number of hydrogen-bond donors (Lipinski definition) is 0. The summed E-state index contributed by atoms with van der Waals surface area (Å²) in [5.41, 5.74) is 1.27. The van der Waals surface area contributed by atoms with Crippen LogP contribution < -0.4 is 0 Å². The summed E-state index contributed by atoms with van der Waals surface area (Å²) in [6, 6.07) is 11.5. The lowest BCUT2D eigenvalue weighted by Crippen LogP contribution is -2.46. The highest BCUT2D eigenvalue weighted by molar-refractivity contribution is 5.91. The molecule has 0 unspecified atom stereocenters. The third-order valence-corrected chi connectivity index (χ3v) is 5.05. The molecule has 4 heterocycles. The average Bonchev–Trinajstić information content (AvgIpc) is 3.41. The summed E-state index contributed by atoms with van der Waals surface area (Å²) >= 11 is 0. The van der Waals surface area contributed by atoms with Gasteiger partial charge in [-0.15, -0.1) is 0 Å². The van der Waals surface area contributed by atoms with Crippen LogP contribution in [0.3, 0.4) is 0 Å². The Kier molecular flexibility index (Phi) is 5.34. The highest BCUT2D eigenvalue weighted by atomic mass is 16.3. The Morgan fingerprint density at radius 3 is 2.48 bits per heavy atom. The minimum absolute atomic E-state index is 0.0796. The van der Waals surface area contributed by atoms with E-state index in [2.05, 4.69) is 22.0 Å². The Labute approximate surface area is 158 Å². The van der Waals surface area contributed by atoms with Gasteiger partial charge in [0.1, 0.15) is 5.76 Å². The first-order valence-corrected chi connectivity index (χ1v) is 9.28. The van der Waals surface area contributed by atoms with Crippen molar-refractivity contribution in [2.45, 2.75) is 32.0 Å². The topological polar surface area (TPSA) is 62.7 Å². The maximum atomic E-state index is 13.0.